The van der Waals surface area contributed by atoms with E-state index in [-0.39, 0.29) is 35.3 Å². The Hall–Kier alpha value is -2.13. The molecule has 1 aromatic carbocycles. The highest BCUT2D eigenvalue weighted by Crippen LogP contribution is 2.22. The fourth-order valence-electron chi connectivity index (χ4n) is 4.09. The molecule has 0 radical (unpaired) electrons. The molecule has 0 aromatic heterocycles. The summed E-state index contributed by atoms with van der Waals surface area (Å²) in [6, 6.07) is 6.31. The van der Waals surface area contributed by atoms with Crippen molar-refractivity contribution in [3.63, 3.8) is 0 Å². The van der Waals surface area contributed by atoms with Crippen LogP contribution in [0.25, 0.3) is 0 Å². The molecule has 0 aliphatic carbocycles. The van der Waals surface area contributed by atoms with Crippen molar-refractivity contribution in [3.8, 4) is 0 Å². The number of rotatable bonds is 6. The van der Waals surface area contributed by atoms with Gasteiger partial charge in [-0.15, -0.1) is 0 Å². The van der Waals surface area contributed by atoms with Crippen LogP contribution < -0.4 is 0 Å². The standard InChI is InChI=1S/C21H27ClN2O6S/c1-2-24(18-9-12-31(28,29)14-18)19(25)13-30-21(27)16-7-10-23(11-8-16)20(26)15-3-5-17(22)6-4-15/h3-6,16,18H,2,7-14H2,1H3. The molecule has 0 N–H and O–H groups in total. The Morgan fingerprint density at radius 1 is 1.13 bits per heavy atom. The molecule has 2 saturated heterocycles. The summed E-state index contributed by atoms with van der Waals surface area (Å²) >= 11 is 5.86. The maximum absolute atomic E-state index is 12.6. The normalized spacial score (nSPS) is 21.0. The van der Waals surface area contributed by atoms with Crippen molar-refractivity contribution >= 4 is 39.2 Å². The van der Waals surface area contributed by atoms with Crippen LogP contribution >= 0.6 is 11.6 Å². The van der Waals surface area contributed by atoms with Crippen LogP contribution in [0.4, 0.5) is 0 Å². The molecule has 2 amide bonds. The summed E-state index contributed by atoms with van der Waals surface area (Å²) in [7, 11) is -3.11. The van der Waals surface area contributed by atoms with Crippen LogP contribution in [0.1, 0.15) is 36.5 Å². The SMILES string of the molecule is CCN(C(=O)COC(=O)C1CCN(C(=O)c2ccc(Cl)cc2)CC1)C1CCS(=O)(=O)C1. The topological polar surface area (TPSA) is 101 Å². The van der Waals surface area contributed by atoms with Crippen LogP contribution in [-0.4, -0.2) is 79.8 Å². The van der Waals surface area contributed by atoms with E-state index < -0.39 is 22.4 Å². The lowest BCUT2D eigenvalue weighted by Gasteiger charge is -2.31. The second-order valence-corrected chi connectivity index (χ2v) is 10.6. The van der Waals surface area contributed by atoms with Crippen LogP contribution in [-0.2, 0) is 24.2 Å². The summed E-state index contributed by atoms with van der Waals surface area (Å²) in [5.41, 5.74) is 0.546. The molecule has 10 heteroatoms. The Morgan fingerprint density at radius 3 is 2.32 bits per heavy atom. The molecule has 2 fully saturated rings. The first kappa shape index (κ1) is 23.5. The van der Waals surface area contributed by atoms with Gasteiger partial charge in [0, 0.05) is 36.3 Å². The van der Waals surface area contributed by atoms with E-state index in [9.17, 15) is 22.8 Å². The monoisotopic (exact) mass is 470 g/mol. The molecule has 2 heterocycles. The van der Waals surface area contributed by atoms with Gasteiger partial charge in [-0.3, -0.25) is 14.4 Å². The number of carbonyl (C=O) groups excluding carboxylic acids is 3. The van der Waals surface area contributed by atoms with Crippen molar-refractivity contribution in [2.24, 2.45) is 5.92 Å². The van der Waals surface area contributed by atoms with Crippen molar-refractivity contribution in [3.05, 3.63) is 34.9 Å². The zero-order valence-corrected chi connectivity index (χ0v) is 19.0. The van der Waals surface area contributed by atoms with Crippen molar-refractivity contribution in [1.29, 1.82) is 0 Å². The third kappa shape index (κ3) is 5.98. The van der Waals surface area contributed by atoms with Crippen molar-refractivity contribution < 1.29 is 27.5 Å². The van der Waals surface area contributed by atoms with Crippen LogP contribution in [0.15, 0.2) is 24.3 Å². The van der Waals surface area contributed by atoms with Crippen molar-refractivity contribution in [2.45, 2.75) is 32.2 Å². The highest BCUT2D eigenvalue weighted by molar-refractivity contribution is 7.91. The molecule has 0 spiro atoms. The summed E-state index contributed by atoms with van der Waals surface area (Å²) in [6.07, 6.45) is 1.34. The lowest BCUT2D eigenvalue weighted by Crippen LogP contribution is -2.44. The molecule has 31 heavy (non-hydrogen) atoms. The van der Waals surface area contributed by atoms with Gasteiger partial charge in [-0.2, -0.15) is 0 Å². The van der Waals surface area contributed by atoms with E-state index in [0.717, 1.165) is 0 Å². The molecular formula is C21H27ClN2O6S. The third-order valence-corrected chi connectivity index (χ3v) is 7.86. The lowest BCUT2D eigenvalue weighted by molar-refractivity contribution is -0.157. The number of hydrogen-bond acceptors (Lipinski definition) is 6. The zero-order valence-electron chi connectivity index (χ0n) is 17.5. The first-order chi connectivity index (χ1) is 14.7. The molecule has 0 saturated carbocycles. The van der Waals surface area contributed by atoms with Gasteiger partial charge >= 0.3 is 5.97 Å². The zero-order chi connectivity index (χ0) is 22.6. The van der Waals surface area contributed by atoms with Crippen LogP contribution in [0, 0.1) is 5.92 Å². The fraction of sp³-hybridized carbons (Fsp3) is 0.571. The Labute approximate surface area is 187 Å². The summed E-state index contributed by atoms with van der Waals surface area (Å²) in [5, 5.41) is 0.559. The minimum Gasteiger partial charge on any atom is -0.455 e. The lowest BCUT2D eigenvalue weighted by atomic mass is 9.96. The molecule has 2 aliphatic rings. The first-order valence-electron chi connectivity index (χ1n) is 10.4. The van der Waals surface area contributed by atoms with E-state index in [2.05, 4.69) is 0 Å². The predicted octanol–water partition coefficient (Wildman–Crippen LogP) is 1.77. The Bertz CT molecular complexity index is 926. The smallest absolute Gasteiger partial charge is 0.309 e. The average Bonchev–Trinajstić information content (AvgIpc) is 3.12. The highest BCUT2D eigenvalue weighted by Gasteiger charge is 2.35. The second kappa shape index (κ2) is 9.99. The molecule has 1 aromatic rings. The maximum Gasteiger partial charge on any atom is 0.309 e. The minimum absolute atomic E-state index is 0.0410. The number of carbonyl (C=O) groups is 3. The minimum atomic E-state index is -3.11. The number of piperidine rings is 1. The second-order valence-electron chi connectivity index (χ2n) is 7.92. The molecule has 1 atom stereocenters. The van der Waals surface area contributed by atoms with E-state index in [1.54, 1.807) is 36.1 Å². The average molecular weight is 471 g/mol. The first-order valence-corrected chi connectivity index (χ1v) is 12.6. The van der Waals surface area contributed by atoms with Gasteiger partial charge in [-0.1, -0.05) is 11.6 Å². The Morgan fingerprint density at radius 2 is 1.77 bits per heavy atom. The maximum atomic E-state index is 12.6. The number of benzene rings is 1. The summed E-state index contributed by atoms with van der Waals surface area (Å²) in [4.78, 5) is 40.6. The Kier molecular flexibility index (Phi) is 7.59. The number of halogens is 1. The van der Waals surface area contributed by atoms with Crippen molar-refractivity contribution in [2.75, 3.05) is 37.7 Å². The van der Waals surface area contributed by atoms with Crippen molar-refractivity contribution in [1.82, 2.24) is 9.80 Å². The quantitative estimate of drug-likeness (QED) is 0.587. The Balaban J connectivity index is 1.46. The van der Waals surface area contributed by atoms with Crippen LogP contribution in [0.5, 0.6) is 0 Å². The molecule has 8 nitrogen and oxygen atoms in total. The van der Waals surface area contributed by atoms with Gasteiger partial charge in [0.25, 0.3) is 11.8 Å². The fourth-order valence-corrected chi connectivity index (χ4v) is 5.94. The summed E-state index contributed by atoms with van der Waals surface area (Å²) < 4.78 is 28.6. The van der Waals surface area contributed by atoms with E-state index in [1.807, 2.05) is 0 Å². The summed E-state index contributed by atoms with van der Waals surface area (Å²) in [6.45, 7) is 2.60. The number of nitrogens with zero attached hydrogens (tertiary/aromatic N) is 2. The van der Waals surface area contributed by atoms with E-state index >= 15 is 0 Å². The molecule has 3 rings (SSSR count). The molecule has 0 bridgehead atoms. The third-order valence-electron chi connectivity index (χ3n) is 5.85. The van der Waals surface area contributed by atoms with Gasteiger partial charge in [0.1, 0.15) is 0 Å². The van der Waals surface area contributed by atoms with E-state index in [1.165, 1.54) is 4.90 Å². The van der Waals surface area contributed by atoms with E-state index in [4.69, 9.17) is 16.3 Å². The number of likely N-dealkylation sites (N-methyl/N-ethyl adjacent to an activating group) is 1. The molecule has 170 valence electrons. The predicted molar refractivity (Wildman–Crippen MR) is 115 cm³/mol. The highest BCUT2D eigenvalue weighted by atomic mass is 35.5. The molecule has 1 unspecified atom stereocenters. The largest absolute Gasteiger partial charge is 0.455 e. The van der Waals surface area contributed by atoms with Gasteiger partial charge in [0.05, 0.1) is 17.4 Å². The molecule has 2 aliphatic heterocycles. The number of hydrogen-bond donors (Lipinski definition) is 0. The number of esters is 1. The van der Waals surface area contributed by atoms with Crippen LogP contribution in [0.2, 0.25) is 5.02 Å². The van der Waals surface area contributed by atoms with Crippen LogP contribution in [0.3, 0.4) is 0 Å². The van der Waals surface area contributed by atoms with E-state index in [0.29, 0.717) is 49.5 Å². The number of amides is 2. The summed E-state index contributed by atoms with van der Waals surface area (Å²) in [5.74, 6) is -1.28. The molecular weight excluding hydrogens is 444 g/mol. The van der Waals surface area contributed by atoms with Gasteiger partial charge in [-0.25, -0.2) is 8.42 Å². The van der Waals surface area contributed by atoms with Gasteiger partial charge in [0.15, 0.2) is 16.4 Å². The van der Waals surface area contributed by atoms with Gasteiger partial charge in [0.2, 0.25) is 0 Å². The number of sulfone groups is 1. The number of likely N-dealkylation sites (tertiary alicyclic amines) is 1. The van der Waals surface area contributed by atoms with Gasteiger partial charge in [-0.05, 0) is 50.5 Å². The number of ether oxygens (including phenoxy) is 1. The van der Waals surface area contributed by atoms with Gasteiger partial charge < -0.3 is 14.5 Å².